The predicted octanol–water partition coefficient (Wildman–Crippen LogP) is 0.198. The van der Waals surface area contributed by atoms with E-state index in [2.05, 4.69) is 10.6 Å². The van der Waals surface area contributed by atoms with Crippen molar-refractivity contribution in [1.29, 1.82) is 0 Å². The Morgan fingerprint density at radius 1 is 1.24 bits per heavy atom. The van der Waals surface area contributed by atoms with E-state index in [9.17, 15) is 14.4 Å². The summed E-state index contributed by atoms with van der Waals surface area (Å²) in [7, 11) is 0. The fraction of sp³-hybridized carbons (Fsp3) is 0.667. The van der Waals surface area contributed by atoms with Gasteiger partial charge in [-0.15, -0.1) is 0 Å². The molecule has 6 heteroatoms. The van der Waals surface area contributed by atoms with E-state index in [1.165, 1.54) is 29.9 Å². The third-order valence-corrected chi connectivity index (χ3v) is 4.02. The normalized spacial score (nSPS) is 19.3. The minimum Gasteiger partial charge on any atom is -0.356 e. The van der Waals surface area contributed by atoms with Crippen molar-refractivity contribution >= 4 is 17.7 Å². The fourth-order valence-corrected chi connectivity index (χ4v) is 2.72. The molecule has 1 saturated heterocycles. The zero-order valence-electron chi connectivity index (χ0n) is 12.3. The molecule has 116 valence electrons. The minimum absolute atomic E-state index is 0.00371. The van der Waals surface area contributed by atoms with E-state index in [1.807, 2.05) is 0 Å². The van der Waals surface area contributed by atoms with Crippen molar-refractivity contribution in [2.75, 3.05) is 26.2 Å². The van der Waals surface area contributed by atoms with E-state index in [-0.39, 0.29) is 17.7 Å². The lowest BCUT2D eigenvalue weighted by Crippen LogP contribution is -2.33. The van der Waals surface area contributed by atoms with Crippen LogP contribution >= 0.6 is 0 Å². The standard InChI is InChI=1S/C15H23N3O3/c19-13(17-10-7-12-5-8-16-9-6-12)2-1-11-18-14(20)3-4-15(18)21/h3-4,12,16H,1-2,5-11H2,(H,17,19). The molecule has 2 aliphatic heterocycles. The van der Waals surface area contributed by atoms with Crippen LogP contribution in [0.3, 0.4) is 0 Å². The summed E-state index contributed by atoms with van der Waals surface area (Å²) in [4.78, 5) is 35.5. The van der Waals surface area contributed by atoms with Crippen molar-refractivity contribution in [2.24, 2.45) is 5.92 Å². The molecule has 0 spiro atoms. The van der Waals surface area contributed by atoms with Crippen LogP contribution < -0.4 is 10.6 Å². The summed E-state index contributed by atoms with van der Waals surface area (Å²) in [5.41, 5.74) is 0. The topological polar surface area (TPSA) is 78.5 Å². The highest BCUT2D eigenvalue weighted by Gasteiger charge is 2.22. The van der Waals surface area contributed by atoms with E-state index in [0.717, 1.165) is 19.5 Å². The first-order valence-electron chi connectivity index (χ1n) is 7.68. The van der Waals surface area contributed by atoms with Gasteiger partial charge in [0.2, 0.25) is 5.91 Å². The largest absolute Gasteiger partial charge is 0.356 e. The van der Waals surface area contributed by atoms with Crippen LogP contribution in [-0.2, 0) is 14.4 Å². The van der Waals surface area contributed by atoms with Crippen molar-refractivity contribution in [3.63, 3.8) is 0 Å². The van der Waals surface area contributed by atoms with Gasteiger partial charge in [0.25, 0.3) is 11.8 Å². The number of hydrogen-bond donors (Lipinski definition) is 2. The molecule has 2 heterocycles. The van der Waals surface area contributed by atoms with Crippen molar-refractivity contribution in [1.82, 2.24) is 15.5 Å². The maximum atomic E-state index is 11.7. The molecule has 6 nitrogen and oxygen atoms in total. The Kier molecular flexibility index (Phi) is 5.92. The molecule has 1 fully saturated rings. The van der Waals surface area contributed by atoms with Crippen LogP contribution in [0, 0.1) is 5.92 Å². The molecule has 3 amide bonds. The van der Waals surface area contributed by atoms with E-state index < -0.39 is 0 Å². The van der Waals surface area contributed by atoms with E-state index in [0.29, 0.717) is 31.8 Å². The summed E-state index contributed by atoms with van der Waals surface area (Å²) in [6, 6.07) is 0. The van der Waals surface area contributed by atoms with Crippen LogP contribution in [0.15, 0.2) is 12.2 Å². The van der Waals surface area contributed by atoms with Crippen molar-refractivity contribution in [2.45, 2.75) is 32.1 Å². The molecule has 0 aromatic rings. The lowest BCUT2D eigenvalue weighted by molar-refractivity contribution is -0.137. The first-order chi connectivity index (χ1) is 10.2. The number of carbonyl (C=O) groups is 3. The third kappa shape index (κ3) is 4.97. The molecule has 0 atom stereocenters. The number of hydrogen-bond acceptors (Lipinski definition) is 4. The predicted molar refractivity (Wildman–Crippen MR) is 78.3 cm³/mol. The fourth-order valence-electron chi connectivity index (χ4n) is 2.72. The number of nitrogens with one attached hydrogen (secondary N) is 2. The van der Waals surface area contributed by atoms with Crippen LogP contribution in [-0.4, -0.2) is 48.8 Å². The SMILES string of the molecule is O=C(CCCN1C(=O)C=CC1=O)NCCC1CCNCC1. The van der Waals surface area contributed by atoms with Crippen LogP contribution in [0.2, 0.25) is 0 Å². The summed E-state index contributed by atoms with van der Waals surface area (Å²) in [6.45, 7) is 3.17. The molecule has 21 heavy (non-hydrogen) atoms. The third-order valence-electron chi connectivity index (χ3n) is 4.02. The van der Waals surface area contributed by atoms with Gasteiger partial charge in [0.15, 0.2) is 0 Å². The summed E-state index contributed by atoms with van der Waals surface area (Å²) in [6.07, 6.45) is 6.79. The second-order valence-electron chi connectivity index (χ2n) is 5.60. The summed E-state index contributed by atoms with van der Waals surface area (Å²) < 4.78 is 0. The Morgan fingerprint density at radius 3 is 2.57 bits per heavy atom. The van der Waals surface area contributed by atoms with Crippen molar-refractivity contribution < 1.29 is 14.4 Å². The van der Waals surface area contributed by atoms with Gasteiger partial charge in [0, 0.05) is 31.7 Å². The average molecular weight is 293 g/mol. The molecule has 0 aliphatic carbocycles. The highest BCUT2D eigenvalue weighted by Crippen LogP contribution is 2.14. The Labute approximate surface area is 124 Å². The molecular formula is C15H23N3O3. The second-order valence-corrected chi connectivity index (χ2v) is 5.60. The zero-order chi connectivity index (χ0) is 15.1. The van der Waals surface area contributed by atoms with Crippen molar-refractivity contribution in [3.8, 4) is 0 Å². The first kappa shape index (κ1) is 15.7. The maximum Gasteiger partial charge on any atom is 0.253 e. The minimum atomic E-state index is -0.286. The second kappa shape index (κ2) is 7.93. The van der Waals surface area contributed by atoms with Gasteiger partial charge < -0.3 is 10.6 Å². The van der Waals surface area contributed by atoms with Crippen LogP contribution in [0.1, 0.15) is 32.1 Å². The molecule has 0 aromatic carbocycles. The number of imide groups is 1. The van der Waals surface area contributed by atoms with Gasteiger partial charge in [-0.3, -0.25) is 19.3 Å². The van der Waals surface area contributed by atoms with Crippen molar-refractivity contribution in [3.05, 3.63) is 12.2 Å². The number of carbonyl (C=O) groups excluding carboxylic acids is 3. The Morgan fingerprint density at radius 2 is 1.90 bits per heavy atom. The average Bonchev–Trinajstić information content (AvgIpc) is 2.80. The molecule has 2 aliphatic rings. The van der Waals surface area contributed by atoms with Crippen LogP contribution in [0.5, 0.6) is 0 Å². The molecule has 0 saturated carbocycles. The molecule has 2 rings (SSSR count). The number of piperidine rings is 1. The smallest absolute Gasteiger partial charge is 0.253 e. The molecular weight excluding hydrogens is 270 g/mol. The maximum absolute atomic E-state index is 11.7. The van der Waals surface area contributed by atoms with Gasteiger partial charge in [-0.25, -0.2) is 0 Å². The Hall–Kier alpha value is -1.69. The molecule has 0 radical (unpaired) electrons. The summed E-state index contributed by atoms with van der Waals surface area (Å²) in [5.74, 6) is 0.131. The zero-order valence-corrected chi connectivity index (χ0v) is 12.3. The molecule has 2 N–H and O–H groups in total. The summed E-state index contributed by atoms with van der Waals surface area (Å²) >= 11 is 0. The van der Waals surface area contributed by atoms with Gasteiger partial charge in [-0.05, 0) is 44.7 Å². The van der Waals surface area contributed by atoms with Crippen LogP contribution in [0.25, 0.3) is 0 Å². The van der Waals surface area contributed by atoms with Crippen LogP contribution in [0.4, 0.5) is 0 Å². The highest BCUT2D eigenvalue weighted by atomic mass is 16.2. The highest BCUT2D eigenvalue weighted by molar-refractivity contribution is 6.12. The Balaban J connectivity index is 1.53. The van der Waals surface area contributed by atoms with E-state index >= 15 is 0 Å². The van der Waals surface area contributed by atoms with E-state index in [1.54, 1.807) is 0 Å². The van der Waals surface area contributed by atoms with Gasteiger partial charge in [-0.1, -0.05) is 0 Å². The van der Waals surface area contributed by atoms with Gasteiger partial charge >= 0.3 is 0 Å². The Bertz CT molecular complexity index is 410. The quantitative estimate of drug-likeness (QED) is 0.657. The molecule has 0 unspecified atom stereocenters. The first-order valence-corrected chi connectivity index (χ1v) is 7.68. The van der Waals surface area contributed by atoms with Gasteiger partial charge in [-0.2, -0.15) is 0 Å². The number of nitrogens with zero attached hydrogens (tertiary/aromatic N) is 1. The molecule has 0 bridgehead atoms. The number of rotatable bonds is 7. The summed E-state index contributed by atoms with van der Waals surface area (Å²) in [5, 5.41) is 6.24. The van der Waals surface area contributed by atoms with E-state index in [4.69, 9.17) is 0 Å². The monoisotopic (exact) mass is 293 g/mol. The van der Waals surface area contributed by atoms with Gasteiger partial charge in [0.1, 0.15) is 0 Å². The lowest BCUT2D eigenvalue weighted by atomic mass is 9.95. The van der Waals surface area contributed by atoms with Gasteiger partial charge in [0.05, 0.1) is 0 Å². The number of amides is 3. The molecule has 0 aromatic heterocycles. The lowest BCUT2D eigenvalue weighted by Gasteiger charge is -2.22.